The molecular weight excluding hydrogens is 280 g/mol. The summed E-state index contributed by atoms with van der Waals surface area (Å²) in [6.45, 7) is 2.63. The maximum Gasteiger partial charge on any atom is 0.230 e. The van der Waals surface area contributed by atoms with Gasteiger partial charge < -0.3 is 15.4 Å². The van der Waals surface area contributed by atoms with Crippen molar-refractivity contribution in [1.29, 1.82) is 0 Å². The largest absolute Gasteiger partial charge is 0.488 e. The standard InChI is InChI=1S/C12H15ClN6O/c1-7-3-4-20-9-6-19(2)18-11(9)17-12-14-5-8(13)10(15-7)16-12/h5-7H,3-4H2,1-2H3,(H2,14,15,16,17,18)/t7-/m1/s1. The molecule has 0 spiro atoms. The summed E-state index contributed by atoms with van der Waals surface area (Å²) in [5.74, 6) is 2.31. The highest BCUT2D eigenvalue weighted by Crippen LogP contribution is 2.28. The van der Waals surface area contributed by atoms with Gasteiger partial charge in [0.05, 0.1) is 19.0 Å². The van der Waals surface area contributed by atoms with Gasteiger partial charge in [0.15, 0.2) is 17.4 Å². The highest BCUT2D eigenvalue weighted by atomic mass is 35.5. The molecule has 0 aromatic carbocycles. The maximum atomic E-state index is 6.09. The minimum Gasteiger partial charge on any atom is -0.488 e. The zero-order valence-electron chi connectivity index (χ0n) is 11.2. The van der Waals surface area contributed by atoms with Gasteiger partial charge in [0.2, 0.25) is 5.95 Å². The molecule has 7 nitrogen and oxygen atoms in total. The first-order valence-corrected chi connectivity index (χ1v) is 6.72. The summed E-state index contributed by atoms with van der Waals surface area (Å²) in [6.07, 6.45) is 4.20. The van der Waals surface area contributed by atoms with Crippen LogP contribution in [0.5, 0.6) is 5.75 Å². The average molecular weight is 295 g/mol. The summed E-state index contributed by atoms with van der Waals surface area (Å²) in [4.78, 5) is 8.51. The molecule has 0 radical (unpaired) electrons. The molecule has 2 aromatic rings. The summed E-state index contributed by atoms with van der Waals surface area (Å²) < 4.78 is 7.43. The van der Waals surface area contributed by atoms with Crippen molar-refractivity contribution in [3.63, 3.8) is 0 Å². The number of aryl methyl sites for hydroxylation is 1. The SMILES string of the molecule is C[C@@H]1CCOc2cn(C)nc2Nc2ncc(Cl)c(n2)N1. The Labute approximate surface area is 121 Å². The molecule has 0 aliphatic carbocycles. The van der Waals surface area contributed by atoms with E-state index in [-0.39, 0.29) is 6.04 Å². The highest BCUT2D eigenvalue weighted by Gasteiger charge is 2.15. The molecule has 3 heterocycles. The van der Waals surface area contributed by atoms with Gasteiger partial charge in [-0.3, -0.25) is 4.68 Å². The van der Waals surface area contributed by atoms with Gasteiger partial charge in [-0.05, 0) is 6.92 Å². The van der Waals surface area contributed by atoms with Crippen molar-refractivity contribution >= 4 is 29.2 Å². The number of nitrogens with one attached hydrogen (secondary N) is 2. The lowest BCUT2D eigenvalue weighted by Crippen LogP contribution is -2.19. The molecule has 0 unspecified atom stereocenters. The summed E-state index contributed by atoms with van der Waals surface area (Å²) in [6, 6.07) is 0.188. The van der Waals surface area contributed by atoms with Crippen molar-refractivity contribution in [3.05, 3.63) is 17.4 Å². The van der Waals surface area contributed by atoms with Gasteiger partial charge in [0, 0.05) is 19.5 Å². The fourth-order valence-electron chi connectivity index (χ4n) is 1.94. The number of nitrogens with zero attached hydrogens (tertiary/aromatic N) is 4. The van der Waals surface area contributed by atoms with Crippen LogP contribution in [-0.2, 0) is 7.05 Å². The summed E-state index contributed by atoms with van der Waals surface area (Å²) >= 11 is 6.09. The van der Waals surface area contributed by atoms with Crippen LogP contribution in [0.2, 0.25) is 5.02 Å². The van der Waals surface area contributed by atoms with Crippen LogP contribution < -0.4 is 15.4 Å². The van der Waals surface area contributed by atoms with Crippen molar-refractivity contribution in [2.24, 2.45) is 7.05 Å². The van der Waals surface area contributed by atoms with Gasteiger partial charge in [0.1, 0.15) is 5.02 Å². The van der Waals surface area contributed by atoms with Crippen molar-refractivity contribution in [1.82, 2.24) is 19.7 Å². The van der Waals surface area contributed by atoms with Crippen LogP contribution in [-0.4, -0.2) is 32.4 Å². The molecule has 1 aliphatic heterocycles. The van der Waals surface area contributed by atoms with Crippen molar-refractivity contribution in [3.8, 4) is 5.75 Å². The lowest BCUT2D eigenvalue weighted by atomic mass is 10.2. The number of anilines is 3. The topological polar surface area (TPSA) is 76.9 Å². The monoisotopic (exact) mass is 294 g/mol. The van der Waals surface area contributed by atoms with E-state index in [1.165, 1.54) is 0 Å². The van der Waals surface area contributed by atoms with Gasteiger partial charge in [-0.15, -0.1) is 0 Å². The van der Waals surface area contributed by atoms with Crippen LogP contribution in [0.15, 0.2) is 12.4 Å². The fraction of sp³-hybridized carbons (Fsp3) is 0.417. The third-order valence-corrected chi connectivity index (χ3v) is 3.24. The van der Waals surface area contributed by atoms with Gasteiger partial charge in [-0.25, -0.2) is 4.98 Å². The number of ether oxygens (including phenoxy) is 1. The molecule has 0 saturated carbocycles. The fourth-order valence-corrected chi connectivity index (χ4v) is 2.09. The molecule has 1 atom stereocenters. The zero-order chi connectivity index (χ0) is 14.1. The van der Waals surface area contributed by atoms with E-state index < -0.39 is 0 Å². The Hall–Kier alpha value is -2.02. The number of halogens is 1. The van der Waals surface area contributed by atoms with E-state index in [1.807, 2.05) is 13.2 Å². The first kappa shape index (κ1) is 13.0. The quantitative estimate of drug-likeness (QED) is 0.775. The molecule has 2 N–H and O–H groups in total. The summed E-state index contributed by atoms with van der Waals surface area (Å²) in [5.41, 5.74) is 0. The Bertz CT molecular complexity index is 628. The van der Waals surface area contributed by atoms with E-state index in [0.717, 1.165) is 6.42 Å². The number of aromatic nitrogens is 4. The Morgan fingerprint density at radius 1 is 1.45 bits per heavy atom. The van der Waals surface area contributed by atoms with E-state index >= 15 is 0 Å². The van der Waals surface area contributed by atoms with E-state index in [4.69, 9.17) is 16.3 Å². The van der Waals surface area contributed by atoms with Gasteiger partial charge in [-0.2, -0.15) is 10.1 Å². The number of hydrogen-bond donors (Lipinski definition) is 2. The molecular formula is C12H15ClN6O. The van der Waals surface area contributed by atoms with Gasteiger partial charge >= 0.3 is 0 Å². The molecule has 0 fully saturated rings. The second-order valence-corrected chi connectivity index (χ2v) is 5.12. The molecule has 0 saturated heterocycles. The Morgan fingerprint density at radius 3 is 3.15 bits per heavy atom. The second kappa shape index (κ2) is 5.16. The molecule has 3 rings (SSSR count). The van der Waals surface area contributed by atoms with Crippen LogP contribution in [0.25, 0.3) is 0 Å². The van der Waals surface area contributed by atoms with Crippen LogP contribution in [0, 0.1) is 0 Å². The number of fused-ring (bicyclic) bond motifs is 3. The van der Waals surface area contributed by atoms with Crippen molar-refractivity contribution in [2.75, 3.05) is 17.2 Å². The van der Waals surface area contributed by atoms with E-state index in [2.05, 4.69) is 32.6 Å². The first-order chi connectivity index (χ1) is 9.61. The number of rotatable bonds is 0. The first-order valence-electron chi connectivity index (χ1n) is 6.34. The highest BCUT2D eigenvalue weighted by molar-refractivity contribution is 6.32. The number of hydrogen-bond acceptors (Lipinski definition) is 6. The second-order valence-electron chi connectivity index (χ2n) is 4.71. The van der Waals surface area contributed by atoms with E-state index in [0.29, 0.717) is 35.0 Å². The Balaban J connectivity index is 2.01. The maximum absolute atomic E-state index is 6.09. The van der Waals surface area contributed by atoms with E-state index in [9.17, 15) is 0 Å². The van der Waals surface area contributed by atoms with Crippen LogP contribution in [0.3, 0.4) is 0 Å². The van der Waals surface area contributed by atoms with Crippen molar-refractivity contribution in [2.45, 2.75) is 19.4 Å². The molecule has 2 aromatic heterocycles. The molecule has 106 valence electrons. The minimum atomic E-state index is 0.188. The molecule has 2 bridgehead atoms. The smallest absolute Gasteiger partial charge is 0.230 e. The molecule has 0 amide bonds. The minimum absolute atomic E-state index is 0.188. The third kappa shape index (κ3) is 2.62. The van der Waals surface area contributed by atoms with Gasteiger partial charge in [0.25, 0.3) is 0 Å². The third-order valence-electron chi connectivity index (χ3n) is 2.96. The van der Waals surface area contributed by atoms with E-state index in [1.54, 1.807) is 10.9 Å². The molecule has 1 aliphatic rings. The zero-order valence-corrected chi connectivity index (χ0v) is 12.0. The molecule has 20 heavy (non-hydrogen) atoms. The normalized spacial score (nSPS) is 18.1. The Morgan fingerprint density at radius 2 is 2.30 bits per heavy atom. The average Bonchev–Trinajstić information content (AvgIpc) is 2.72. The lowest BCUT2D eigenvalue weighted by Gasteiger charge is -2.14. The van der Waals surface area contributed by atoms with Crippen LogP contribution in [0.1, 0.15) is 13.3 Å². The van der Waals surface area contributed by atoms with Crippen LogP contribution >= 0.6 is 11.6 Å². The van der Waals surface area contributed by atoms with Crippen LogP contribution in [0.4, 0.5) is 17.6 Å². The Kier molecular flexibility index (Phi) is 3.35. The predicted molar refractivity (Wildman–Crippen MR) is 76.7 cm³/mol. The van der Waals surface area contributed by atoms with Gasteiger partial charge in [-0.1, -0.05) is 11.6 Å². The van der Waals surface area contributed by atoms with Crippen molar-refractivity contribution < 1.29 is 4.74 Å². The summed E-state index contributed by atoms with van der Waals surface area (Å²) in [5, 5.41) is 11.1. The summed E-state index contributed by atoms with van der Waals surface area (Å²) in [7, 11) is 1.84. The molecule has 8 heteroatoms. The lowest BCUT2D eigenvalue weighted by molar-refractivity contribution is 0.305. The predicted octanol–water partition coefficient (Wildman–Crippen LogP) is 2.19.